The lowest BCUT2D eigenvalue weighted by atomic mass is 9.87. The first-order valence-electron chi connectivity index (χ1n) is 7.69. The Balaban J connectivity index is 2.09. The highest BCUT2D eigenvalue weighted by Crippen LogP contribution is 2.25. The van der Waals surface area contributed by atoms with E-state index in [4.69, 9.17) is 0 Å². The fourth-order valence-corrected chi connectivity index (χ4v) is 2.80. The molecule has 3 nitrogen and oxygen atoms in total. The zero-order valence-corrected chi connectivity index (χ0v) is 13.5. The maximum absolute atomic E-state index is 12.6. The molecule has 114 valence electrons. The van der Waals surface area contributed by atoms with Crippen LogP contribution in [0.3, 0.4) is 0 Å². The Hall–Kier alpha value is -1.64. The van der Waals surface area contributed by atoms with Gasteiger partial charge in [0.05, 0.1) is 0 Å². The summed E-state index contributed by atoms with van der Waals surface area (Å²) in [6.45, 7) is 9.14. The molecule has 0 radical (unpaired) electrons. The zero-order chi connectivity index (χ0) is 15.6. The van der Waals surface area contributed by atoms with E-state index < -0.39 is 0 Å². The van der Waals surface area contributed by atoms with Gasteiger partial charge in [0.2, 0.25) is 5.91 Å². The Labute approximate surface area is 127 Å². The summed E-state index contributed by atoms with van der Waals surface area (Å²) in [5.74, 6) is 0.248. The molecular weight excluding hydrogens is 262 g/mol. The Bertz CT molecular complexity index is 525. The van der Waals surface area contributed by atoms with Crippen LogP contribution in [0.4, 0.5) is 0 Å². The lowest BCUT2D eigenvalue weighted by Gasteiger charge is -2.36. The molecule has 1 aliphatic heterocycles. The molecule has 1 aliphatic rings. The van der Waals surface area contributed by atoms with Gasteiger partial charge in [-0.05, 0) is 19.8 Å². The molecule has 1 atom stereocenters. The Morgan fingerprint density at radius 1 is 1.14 bits per heavy atom. The summed E-state index contributed by atoms with van der Waals surface area (Å²) in [4.78, 5) is 26.8. The molecule has 0 spiro atoms. The van der Waals surface area contributed by atoms with Crippen LogP contribution in [0.25, 0.3) is 0 Å². The molecule has 1 unspecified atom stereocenters. The Morgan fingerprint density at radius 3 is 2.33 bits per heavy atom. The molecule has 1 fully saturated rings. The maximum atomic E-state index is 12.6. The quantitative estimate of drug-likeness (QED) is 0.781. The number of aryl methyl sites for hydroxylation is 1. The summed E-state index contributed by atoms with van der Waals surface area (Å²) in [7, 11) is 0. The molecule has 1 aromatic carbocycles. The molecule has 0 aromatic heterocycles. The van der Waals surface area contributed by atoms with Crippen molar-refractivity contribution in [3.8, 4) is 0 Å². The maximum Gasteiger partial charge on any atom is 0.227 e. The molecule has 0 N–H and O–H groups in total. The van der Waals surface area contributed by atoms with Gasteiger partial charge in [0, 0.05) is 30.0 Å². The first kappa shape index (κ1) is 15.7. The van der Waals surface area contributed by atoms with Crippen molar-refractivity contribution in [3.63, 3.8) is 0 Å². The number of hydrogen-bond donors (Lipinski definition) is 0. The van der Waals surface area contributed by atoms with Crippen LogP contribution < -0.4 is 0 Å². The fraction of sp³-hybridized carbons (Fsp3) is 0.556. The minimum absolute atomic E-state index is 0.0623. The van der Waals surface area contributed by atoms with E-state index in [-0.39, 0.29) is 23.0 Å². The van der Waals surface area contributed by atoms with E-state index >= 15 is 0 Å². The topological polar surface area (TPSA) is 37.4 Å². The molecule has 1 heterocycles. The number of piperidine rings is 1. The van der Waals surface area contributed by atoms with Gasteiger partial charge >= 0.3 is 0 Å². The second kappa shape index (κ2) is 6.00. The summed E-state index contributed by atoms with van der Waals surface area (Å²) < 4.78 is 0. The van der Waals surface area contributed by atoms with E-state index in [0.29, 0.717) is 6.54 Å². The van der Waals surface area contributed by atoms with Gasteiger partial charge in [-0.15, -0.1) is 0 Å². The van der Waals surface area contributed by atoms with Crippen LogP contribution in [0, 0.1) is 18.3 Å². The van der Waals surface area contributed by atoms with Crippen molar-refractivity contribution in [2.75, 3.05) is 13.1 Å². The minimum atomic E-state index is -0.380. The van der Waals surface area contributed by atoms with Crippen molar-refractivity contribution in [1.29, 1.82) is 0 Å². The monoisotopic (exact) mass is 287 g/mol. The third-order valence-corrected chi connectivity index (χ3v) is 4.06. The van der Waals surface area contributed by atoms with Crippen LogP contribution in [0.1, 0.15) is 49.5 Å². The van der Waals surface area contributed by atoms with Crippen LogP contribution in [-0.2, 0) is 4.79 Å². The van der Waals surface area contributed by atoms with Crippen molar-refractivity contribution in [2.24, 2.45) is 11.3 Å². The number of likely N-dealkylation sites (tertiary alicyclic amines) is 1. The number of nitrogens with zero attached hydrogens (tertiary/aromatic N) is 1. The molecule has 1 saturated heterocycles. The third-order valence-electron chi connectivity index (χ3n) is 4.06. The van der Waals surface area contributed by atoms with Crippen LogP contribution >= 0.6 is 0 Å². The number of benzene rings is 1. The average molecular weight is 287 g/mol. The lowest BCUT2D eigenvalue weighted by molar-refractivity contribution is -0.140. The minimum Gasteiger partial charge on any atom is -0.342 e. The Kier molecular flexibility index (Phi) is 4.50. The number of carbonyl (C=O) groups is 2. The van der Waals surface area contributed by atoms with Crippen molar-refractivity contribution in [2.45, 2.75) is 40.5 Å². The van der Waals surface area contributed by atoms with Crippen molar-refractivity contribution < 1.29 is 9.59 Å². The lowest BCUT2D eigenvalue weighted by Crippen LogP contribution is -2.46. The predicted molar refractivity (Wildman–Crippen MR) is 84.3 cm³/mol. The molecule has 0 aliphatic carbocycles. The summed E-state index contributed by atoms with van der Waals surface area (Å²) in [6.07, 6.45) is 1.78. The SMILES string of the molecule is Cc1ccc(C(=O)C2CCCN(C(=O)C(C)(C)C)C2)cc1. The van der Waals surface area contributed by atoms with Crippen LogP contribution in [0.5, 0.6) is 0 Å². The largest absolute Gasteiger partial charge is 0.342 e. The number of rotatable bonds is 2. The summed E-state index contributed by atoms with van der Waals surface area (Å²) in [5.41, 5.74) is 1.53. The van der Waals surface area contributed by atoms with E-state index in [9.17, 15) is 9.59 Å². The number of amides is 1. The van der Waals surface area contributed by atoms with Crippen molar-refractivity contribution >= 4 is 11.7 Å². The molecule has 0 bridgehead atoms. The van der Waals surface area contributed by atoms with Gasteiger partial charge in [0.15, 0.2) is 5.78 Å². The first-order valence-corrected chi connectivity index (χ1v) is 7.69. The average Bonchev–Trinajstić information content (AvgIpc) is 2.45. The van der Waals surface area contributed by atoms with Gasteiger partial charge in [-0.3, -0.25) is 9.59 Å². The highest BCUT2D eigenvalue weighted by Gasteiger charge is 2.33. The molecule has 3 heteroatoms. The summed E-state index contributed by atoms with van der Waals surface area (Å²) in [5, 5.41) is 0. The van der Waals surface area contributed by atoms with Gasteiger partial charge in [0.1, 0.15) is 0 Å². The van der Waals surface area contributed by atoms with E-state index in [2.05, 4.69) is 0 Å². The van der Waals surface area contributed by atoms with Gasteiger partial charge < -0.3 is 4.90 Å². The predicted octanol–water partition coefficient (Wildman–Crippen LogP) is 3.46. The number of carbonyl (C=O) groups excluding carboxylic acids is 2. The van der Waals surface area contributed by atoms with Gasteiger partial charge in [-0.2, -0.15) is 0 Å². The van der Waals surface area contributed by atoms with Gasteiger partial charge in [-0.1, -0.05) is 50.6 Å². The summed E-state index contributed by atoms with van der Waals surface area (Å²) in [6, 6.07) is 7.71. The van der Waals surface area contributed by atoms with Crippen molar-refractivity contribution in [3.05, 3.63) is 35.4 Å². The molecule has 2 rings (SSSR count). The van der Waals surface area contributed by atoms with E-state index in [1.165, 1.54) is 0 Å². The van der Waals surface area contributed by atoms with Crippen LogP contribution in [-0.4, -0.2) is 29.7 Å². The van der Waals surface area contributed by atoms with Gasteiger partial charge in [0.25, 0.3) is 0 Å². The number of ketones is 1. The number of Topliss-reactive ketones (excluding diaryl/α,β-unsaturated/α-hetero) is 1. The van der Waals surface area contributed by atoms with Crippen LogP contribution in [0.2, 0.25) is 0 Å². The summed E-state index contributed by atoms with van der Waals surface area (Å²) >= 11 is 0. The van der Waals surface area contributed by atoms with Crippen molar-refractivity contribution in [1.82, 2.24) is 4.90 Å². The van der Waals surface area contributed by atoms with Gasteiger partial charge in [-0.25, -0.2) is 0 Å². The van der Waals surface area contributed by atoms with E-state index in [0.717, 1.165) is 30.5 Å². The normalized spacial score (nSPS) is 19.4. The smallest absolute Gasteiger partial charge is 0.227 e. The fourth-order valence-electron chi connectivity index (χ4n) is 2.80. The highest BCUT2D eigenvalue weighted by molar-refractivity contribution is 5.98. The Morgan fingerprint density at radius 2 is 1.76 bits per heavy atom. The molecule has 0 saturated carbocycles. The van der Waals surface area contributed by atoms with E-state index in [1.54, 1.807) is 0 Å². The molecule has 1 aromatic rings. The highest BCUT2D eigenvalue weighted by atomic mass is 16.2. The molecular formula is C18H25NO2. The van der Waals surface area contributed by atoms with E-state index in [1.807, 2.05) is 56.9 Å². The first-order chi connectivity index (χ1) is 9.79. The second-order valence-electron chi connectivity index (χ2n) is 7.07. The molecule has 21 heavy (non-hydrogen) atoms. The zero-order valence-electron chi connectivity index (χ0n) is 13.5. The number of hydrogen-bond acceptors (Lipinski definition) is 2. The standard InChI is InChI=1S/C18H25NO2/c1-13-7-9-14(10-8-13)16(20)15-6-5-11-19(12-15)17(21)18(2,3)4/h7-10,15H,5-6,11-12H2,1-4H3. The second-order valence-corrected chi connectivity index (χ2v) is 7.07. The molecule has 1 amide bonds. The van der Waals surface area contributed by atoms with Crippen LogP contribution in [0.15, 0.2) is 24.3 Å². The third kappa shape index (κ3) is 3.72.